The Morgan fingerprint density at radius 1 is 1.44 bits per heavy atom. The van der Waals surface area contributed by atoms with Crippen molar-refractivity contribution < 1.29 is 9.18 Å². The monoisotopic (exact) mass is 346 g/mol. The number of carbonyl (C=O) groups excluding carboxylic acids is 1. The van der Waals surface area contributed by atoms with Crippen molar-refractivity contribution in [3.05, 3.63) is 47.4 Å². The van der Waals surface area contributed by atoms with Gasteiger partial charge in [-0.1, -0.05) is 24.6 Å². The second-order valence-corrected chi connectivity index (χ2v) is 6.49. The van der Waals surface area contributed by atoms with E-state index in [2.05, 4.69) is 11.8 Å². The van der Waals surface area contributed by atoms with Crippen molar-refractivity contribution in [3.63, 3.8) is 0 Å². The summed E-state index contributed by atoms with van der Waals surface area (Å²) in [6.07, 6.45) is 5.82. The van der Waals surface area contributed by atoms with Crippen LogP contribution in [-0.4, -0.2) is 47.6 Å². The summed E-state index contributed by atoms with van der Waals surface area (Å²) >= 11 is 0. The highest BCUT2D eigenvalue weighted by atomic mass is 19.1. The predicted molar refractivity (Wildman–Crippen MR) is 97.8 cm³/mol. The molecule has 1 aliphatic heterocycles. The maximum absolute atomic E-state index is 14.0. The smallest absolute Gasteiger partial charge is 0.270 e. The molecule has 1 unspecified atom stereocenters. The Balaban J connectivity index is 2.11. The van der Waals surface area contributed by atoms with E-state index in [9.17, 15) is 9.18 Å². The number of nitrogens with one attached hydrogen (secondary N) is 1. The molecule has 0 spiro atoms. The lowest BCUT2D eigenvalue weighted by Crippen LogP contribution is -2.44. The lowest BCUT2D eigenvalue weighted by atomic mass is 10.0. The third-order valence-corrected chi connectivity index (χ3v) is 4.71. The minimum absolute atomic E-state index is 0.00182. The van der Waals surface area contributed by atoms with E-state index in [-0.39, 0.29) is 24.0 Å². The number of nitrogens with two attached hydrogens (primary N) is 1. The fraction of sp³-hybridized carbons (Fsp3) is 0.474. The molecule has 3 N–H and O–H groups in total. The molecule has 25 heavy (non-hydrogen) atoms. The summed E-state index contributed by atoms with van der Waals surface area (Å²) < 4.78 is 14.0. The Morgan fingerprint density at radius 2 is 2.20 bits per heavy atom. The van der Waals surface area contributed by atoms with E-state index >= 15 is 0 Å². The molecule has 1 aliphatic rings. The van der Waals surface area contributed by atoms with E-state index in [1.165, 1.54) is 25.0 Å². The van der Waals surface area contributed by atoms with Gasteiger partial charge in [-0.2, -0.15) is 0 Å². The quantitative estimate of drug-likeness (QED) is 0.588. The number of benzene rings is 1. The van der Waals surface area contributed by atoms with Gasteiger partial charge >= 0.3 is 0 Å². The number of nitrogens with zero attached hydrogens (tertiary/aromatic N) is 2. The van der Waals surface area contributed by atoms with Crippen molar-refractivity contribution in [3.8, 4) is 0 Å². The van der Waals surface area contributed by atoms with Crippen LogP contribution in [0.3, 0.4) is 0 Å². The zero-order valence-corrected chi connectivity index (χ0v) is 14.7. The molecule has 5 nitrogen and oxygen atoms in total. The Hall–Kier alpha value is -2.21. The highest BCUT2D eigenvalue weighted by Crippen LogP contribution is 2.17. The van der Waals surface area contributed by atoms with Gasteiger partial charge in [-0.15, -0.1) is 0 Å². The number of halogens is 1. The first-order valence-electron chi connectivity index (χ1n) is 8.76. The van der Waals surface area contributed by atoms with Crippen LogP contribution in [0.1, 0.15) is 31.7 Å². The highest BCUT2D eigenvalue weighted by Gasteiger charge is 2.22. The molecule has 0 aromatic heterocycles. The molecular formula is C19H27FN4O. The van der Waals surface area contributed by atoms with Crippen LogP contribution in [0, 0.1) is 11.2 Å². The van der Waals surface area contributed by atoms with Gasteiger partial charge in [0.25, 0.3) is 5.91 Å². The molecule has 1 saturated heterocycles. The molecule has 0 bridgehead atoms. The van der Waals surface area contributed by atoms with E-state index in [4.69, 9.17) is 11.1 Å². The molecule has 1 aromatic carbocycles. The number of carbonyl (C=O) groups is 1. The number of amides is 1. The van der Waals surface area contributed by atoms with E-state index in [0.29, 0.717) is 18.2 Å². The predicted octanol–water partition coefficient (Wildman–Crippen LogP) is 2.52. The second-order valence-electron chi connectivity index (χ2n) is 6.49. The summed E-state index contributed by atoms with van der Waals surface area (Å²) in [5.41, 5.74) is 6.23. The third-order valence-electron chi connectivity index (χ3n) is 4.71. The molecule has 1 amide bonds. The molecule has 136 valence electrons. The summed E-state index contributed by atoms with van der Waals surface area (Å²) in [6, 6.07) is 6.94. The molecule has 2 rings (SSSR count). The SMILES string of the molecule is CC1CCCCN1CCN(Cc1ccccc1F)C(=O)/C(N)=C/C=N. The van der Waals surface area contributed by atoms with Crippen LogP contribution < -0.4 is 5.73 Å². The van der Waals surface area contributed by atoms with Crippen LogP contribution in [0.15, 0.2) is 36.0 Å². The first kappa shape index (κ1) is 19.1. The molecular weight excluding hydrogens is 319 g/mol. The Morgan fingerprint density at radius 3 is 2.88 bits per heavy atom. The van der Waals surface area contributed by atoms with E-state index in [1.54, 1.807) is 23.1 Å². The first-order valence-corrected chi connectivity index (χ1v) is 8.76. The normalized spacial score (nSPS) is 18.8. The number of allylic oxidation sites excluding steroid dienone is 1. The minimum atomic E-state index is -0.364. The number of likely N-dealkylation sites (tertiary alicyclic amines) is 1. The van der Waals surface area contributed by atoms with Crippen LogP contribution in [0.5, 0.6) is 0 Å². The van der Waals surface area contributed by atoms with Gasteiger partial charge in [0.05, 0.1) is 5.70 Å². The maximum Gasteiger partial charge on any atom is 0.270 e. The van der Waals surface area contributed by atoms with Gasteiger partial charge in [-0.05, 0) is 38.5 Å². The summed E-state index contributed by atoms with van der Waals surface area (Å²) in [5.74, 6) is -0.697. The second kappa shape index (κ2) is 9.32. The lowest BCUT2D eigenvalue weighted by molar-refractivity contribution is -0.128. The molecule has 0 radical (unpaired) electrons. The van der Waals surface area contributed by atoms with E-state index in [1.807, 2.05) is 0 Å². The summed E-state index contributed by atoms with van der Waals surface area (Å²) in [7, 11) is 0. The lowest BCUT2D eigenvalue weighted by Gasteiger charge is -2.35. The zero-order chi connectivity index (χ0) is 18.2. The number of piperidine rings is 1. The topological polar surface area (TPSA) is 73.4 Å². The largest absolute Gasteiger partial charge is 0.394 e. The summed E-state index contributed by atoms with van der Waals surface area (Å²) in [5, 5.41) is 7.09. The van der Waals surface area contributed by atoms with E-state index < -0.39 is 0 Å². The van der Waals surface area contributed by atoms with Crippen molar-refractivity contribution >= 4 is 12.1 Å². The van der Waals surface area contributed by atoms with Crippen LogP contribution in [-0.2, 0) is 11.3 Å². The number of hydrogen-bond donors (Lipinski definition) is 2. The van der Waals surface area contributed by atoms with Gasteiger partial charge in [0.2, 0.25) is 0 Å². The molecule has 6 heteroatoms. The van der Waals surface area contributed by atoms with Crippen molar-refractivity contribution in [1.29, 1.82) is 5.41 Å². The number of rotatable bonds is 7. The standard InChI is InChI=1S/C19H27FN4O/c1-15-6-4-5-11-23(15)12-13-24(19(25)18(22)9-10-21)14-16-7-2-3-8-17(16)20/h2-3,7-10,15,21H,4-6,11-14,22H2,1H3/b18-9-,21-10?. The van der Waals surface area contributed by atoms with Gasteiger partial charge in [-0.3, -0.25) is 9.69 Å². The highest BCUT2D eigenvalue weighted by molar-refractivity contribution is 5.96. The number of hydrogen-bond acceptors (Lipinski definition) is 4. The molecule has 1 aromatic rings. The average molecular weight is 346 g/mol. The van der Waals surface area contributed by atoms with Crippen LogP contribution in [0.4, 0.5) is 4.39 Å². The van der Waals surface area contributed by atoms with Crippen LogP contribution in [0.2, 0.25) is 0 Å². The minimum Gasteiger partial charge on any atom is -0.394 e. The maximum atomic E-state index is 14.0. The third kappa shape index (κ3) is 5.39. The van der Waals surface area contributed by atoms with Crippen molar-refractivity contribution in [2.24, 2.45) is 5.73 Å². The average Bonchev–Trinajstić information content (AvgIpc) is 2.61. The van der Waals surface area contributed by atoms with Crippen molar-refractivity contribution in [2.45, 2.75) is 38.8 Å². The summed E-state index contributed by atoms with van der Waals surface area (Å²) in [4.78, 5) is 16.5. The van der Waals surface area contributed by atoms with Gasteiger partial charge in [-0.25, -0.2) is 4.39 Å². The Kier molecular flexibility index (Phi) is 7.13. The van der Waals surface area contributed by atoms with Crippen LogP contribution in [0.25, 0.3) is 0 Å². The van der Waals surface area contributed by atoms with Gasteiger partial charge in [0.15, 0.2) is 0 Å². The fourth-order valence-corrected chi connectivity index (χ4v) is 3.17. The molecule has 0 saturated carbocycles. The molecule has 1 atom stereocenters. The Bertz CT molecular complexity index is 632. The van der Waals surface area contributed by atoms with E-state index in [0.717, 1.165) is 25.7 Å². The molecule has 1 fully saturated rings. The van der Waals surface area contributed by atoms with Crippen LogP contribution >= 0.6 is 0 Å². The van der Waals surface area contributed by atoms with Gasteiger partial charge in [0.1, 0.15) is 5.82 Å². The summed E-state index contributed by atoms with van der Waals surface area (Å²) in [6.45, 7) is 4.60. The fourth-order valence-electron chi connectivity index (χ4n) is 3.17. The van der Waals surface area contributed by atoms with Crippen molar-refractivity contribution in [2.75, 3.05) is 19.6 Å². The molecule has 1 heterocycles. The zero-order valence-electron chi connectivity index (χ0n) is 14.7. The van der Waals surface area contributed by atoms with Gasteiger partial charge < -0.3 is 16.0 Å². The van der Waals surface area contributed by atoms with Crippen molar-refractivity contribution in [1.82, 2.24) is 9.80 Å². The first-order chi connectivity index (χ1) is 12.0. The Labute approximate surface area is 148 Å². The molecule has 0 aliphatic carbocycles. The van der Waals surface area contributed by atoms with Gasteiger partial charge in [0, 0.05) is 37.5 Å².